The highest BCUT2D eigenvalue weighted by Crippen LogP contribution is 2.35. The maximum atomic E-state index is 13.0. The van der Waals surface area contributed by atoms with Crippen LogP contribution in [0.2, 0.25) is 0 Å². The van der Waals surface area contributed by atoms with Crippen molar-refractivity contribution in [3.63, 3.8) is 0 Å². The molecule has 4 saturated heterocycles. The molecule has 5 aliphatic heterocycles. The Morgan fingerprint density at radius 2 is 1.53 bits per heavy atom. The zero-order chi connectivity index (χ0) is 39.7. The first kappa shape index (κ1) is 42.8. The normalized spacial score (nSPS) is 44.2. The number of hydrogen-bond donors (Lipinski definition) is 15. The van der Waals surface area contributed by atoms with Crippen LogP contribution >= 0.6 is 0 Å². The van der Waals surface area contributed by atoms with Gasteiger partial charge in [0.1, 0.15) is 60.7 Å². The minimum atomic E-state index is -1.69. The zero-order valence-electron chi connectivity index (χ0n) is 30.6. The number of β-amino-alcohol motifs (C(OH)–C–C–N with tert-alkyl or cyclic N) is 1. The van der Waals surface area contributed by atoms with E-state index in [1.807, 2.05) is 6.08 Å². The second kappa shape index (κ2) is 18.0. The van der Waals surface area contributed by atoms with Crippen LogP contribution in [0.4, 0.5) is 0 Å². The molecule has 0 aromatic carbocycles. The van der Waals surface area contributed by atoms with Crippen molar-refractivity contribution in [1.82, 2.24) is 21.3 Å². The summed E-state index contributed by atoms with van der Waals surface area (Å²) in [5, 5.41) is 87.6. The number of amides is 1. The molecular weight excluding hydrogens is 732 g/mol. The highest BCUT2D eigenvalue weighted by atomic mass is 16.8. The number of carbonyl (C=O) groups is 1. The lowest BCUT2D eigenvalue weighted by Crippen LogP contribution is -2.71. The Morgan fingerprint density at radius 3 is 2.18 bits per heavy atom. The molecule has 0 aromatic heterocycles. The lowest BCUT2D eigenvalue weighted by molar-refractivity contribution is -0.282. The third-order valence-corrected chi connectivity index (χ3v) is 11.4. The molecule has 0 radical (unpaired) electrons. The van der Waals surface area contributed by atoms with Gasteiger partial charge in [-0.25, -0.2) is 0 Å². The summed E-state index contributed by atoms with van der Waals surface area (Å²) in [6.45, 7) is 1.22. The van der Waals surface area contributed by atoms with E-state index in [1.54, 1.807) is 0 Å². The van der Waals surface area contributed by atoms with Gasteiger partial charge in [0.05, 0.1) is 36.9 Å². The second-order valence-corrected chi connectivity index (χ2v) is 15.6. The third-order valence-electron chi connectivity index (χ3n) is 11.4. The van der Waals surface area contributed by atoms with Gasteiger partial charge >= 0.3 is 0 Å². The second-order valence-electron chi connectivity index (χ2n) is 15.6. The summed E-state index contributed by atoms with van der Waals surface area (Å²) in [7, 11) is 0. The molecule has 0 spiro atoms. The number of hydrogen-bond acceptors (Lipinski definition) is 21. The van der Waals surface area contributed by atoms with Crippen molar-refractivity contribution in [2.75, 3.05) is 52.4 Å². The lowest BCUT2D eigenvalue weighted by Gasteiger charge is -2.47. The summed E-state index contributed by atoms with van der Waals surface area (Å²) in [6, 6.07) is -3.92. The number of piperidine rings is 1. The average Bonchev–Trinajstić information content (AvgIpc) is 3.45. The van der Waals surface area contributed by atoms with Crippen molar-refractivity contribution in [2.45, 2.75) is 135 Å². The van der Waals surface area contributed by atoms with E-state index in [2.05, 4.69) is 21.3 Å². The fourth-order valence-corrected chi connectivity index (χ4v) is 7.80. The van der Waals surface area contributed by atoms with E-state index in [-0.39, 0.29) is 32.6 Å². The number of aliphatic hydroxyl groups is 7. The Bertz CT molecular complexity index is 1310. The summed E-state index contributed by atoms with van der Waals surface area (Å²) in [6.07, 6.45) is -13.0. The molecule has 0 unspecified atom stereocenters. The molecule has 22 heteroatoms. The molecular formula is C33H60N8O14. The van der Waals surface area contributed by atoms with E-state index in [4.69, 9.17) is 51.4 Å². The Morgan fingerprint density at radius 1 is 0.855 bits per heavy atom. The minimum Gasteiger partial charge on any atom is -0.467 e. The zero-order valence-corrected chi connectivity index (χ0v) is 30.6. The van der Waals surface area contributed by atoms with Gasteiger partial charge < -0.3 is 108 Å². The Hall–Kier alpha value is -1.75. The van der Waals surface area contributed by atoms with Crippen LogP contribution in [-0.2, 0) is 33.2 Å². The van der Waals surface area contributed by atoms with Crippen LogP contribution in [0.5, 0.6) is 0 Å². The van der Waals surface area contributed by atoms with Crippen LogP contribution in [-0.4, -0.2) is 203 Å². The van der Waals surface area contributed by atoms with Crippen molar-refractivity contribution in [3.05, 3.63) is 11.8 Å². The smallest absolute Gasteiger partial charge is 0.254 e. The predicted molar refractivity (Wildman–Crippen MR) is 188 cm³/mol. The van der Waals surface area contributed by atoms with E-state index in [9.17, 15) is 40.5 Å². The largest absolute Gasteiger partial charge is 0.467 e. The van der Waals surface area contributed by atoms with Crippen LogP contribution < -0.4 is 44.2 Å². The van der Waals surface area contributed by atoms with Gasteiger partial charge in [-0.15, -0.1) is 0 Å². The average molecular weight is 793 g/mol. The molecule has 6 rings (SSSR count). The van der Waals surface area contributed by atoms with E-state index in [0.29, 0.717) is 44.7 Å². The number of carbonyl (C=O) groups excluding carboxylic acids is 1. The van der Waals surface area contributed by atoms with Crippen LogP contribution in [0.25, 0.3) is 0 Å². The standard InChI is InChI=1S/C33H60N8O14/c34-8-18-22(44)23(45)20(37)29(51-18)54-26-19(10-42)52-30(24(26)46)55-27-21(43)17(41-31(47)33(49)12-40-13-33)7-16(36)25(27)53-28-15(35)2-1-14(50-28)9-39-11-32(48)3-5-38-6-4-32/h1,15-30,38-40,42-46,48-49H,2-13,34-37H2,(H,41,47)/t15-,16+,17-,18+,19-,20-,21+,22-,23-,24-,25-,26-,27-,28-,29-,30+/m1/s1. The Balaban J connectivity index is 1.16. The van der Waals surface area contributed by atoms with Gasteiger partial charge in [-0.3, -0.25) is 4.79 Å². The van der Waals surface area contributed by atoms with Gasteiger partial charge in [-0.1, -0.05) is 0 Å². The van der Waals surface area contributed by atoms with E-state index in [0.717, 1.165) is 0 Å². The monoisotopic (exact) mass is 792 g/mol. The molecule has 0 aromatic rings. The molecule has 316 valence electrons. The predicted octanol–water partition coefficient (Wildman–Crippen LogP) is -8.47. The highest BCUT2D eigenvalue weighted by molar-refractivity contribution is 5.87. The van der Waals surface area contributed by atoms with Gasteiger partial charge in [0, 0.05) is 32.2 Å². The number of ether oxygens (including phenoxy) is 6. The number of aliphatic hydroxyl groups excluding tert-OH is 5. The third kappa shape index (κ3) is 9.44. The first-order chi connectivity index (χ1) is 26.2. The van der Waals surface area contributed by atoms with Crippen molar-refractivity contribution < 1.29 is 69.0 Å². The minimum absolute atomic E-state index is 0.0138. The van der Waals surface area contributed by atoms with Crippen molar-refractivity contribution >= 4 is 5.91 Å². The first-order valence-electron chi connectivity index (χ1n) is 19.0. The summed E-state index contributed by atoms with van der Waals surface area (Å²) in [5.41, 5.74) is 22.3. The Kier molecular flexibility index (Phi) is 14.0. The molecule has 1 aliphatic carbocycles. The summed E-state index contributed by atoms with van der Waals surface area (Å²) < 4.78 is 36.2. The molecule has 6 aliphatic rings. The maximum absolute atomic E-state index is 13.0. The van der Waals surface area contributed by atoms with E-state index < -0.39 is 122 Å². The fourth-order valence-electron chi connectivity index (χ4n) is 7.80. The van der Waals surface area contributed by atoms with Crippen molar-refractivity contribution in [2.24, 2.45) is 22.9 Å². The molecule has 19 N–H and O–H groups in total. The topological polar surface area (TPSA) is 366 Å². The molecule has 16 atom stereocenters. The van der Waals surface area contributed by atoms with Crippen LogP contribution in [0.1, 0.15) is 25.7 Å². The SMILES string of the molecule is NC[C@@H]1O[C@H](O[C@H]2[C@@H](O)[C@H](O[C@@H]3[C@@H](O)[C@H](NC(=O)C4(O)CNC4)C[C@H](N)[C@H]3O[C@H]3OC(CNCC4(O)CCNCC4)=CC[C@H]3N)O[C@@H]2CO)[C@H](N)[C@@H](O)[C@@H]1O. The van der Waals surface area contributed by atoms with Gasteiger partial charge in [0.15, 0.2) is 18.2 Å². The summed E-state index contributed by atoms with van der Waals surface area (Å²) in [4.78, 5) is 13.0. The molecule has 0 bridgehead atoms. The fraction of sp³-hybridized carbons (Fsp3) is 0.909. The molecule has 1 amide bonds. The van der Waals surface area contributed by atoms with Crippen molar-refractivity contribution in [3.8, 4) is 0 Å². The van der Waals surface area contributed by atoms with Crippen LogP contribution in [0.15, 0.2) is 11.8 Å². The summed E-state index contributed by atoms with van der Waals surface area (Å²) in [5.74, 6) is -0.218. The highest BCUT2D eigenvalue weighted by Gasteiger charge is 2.55. The summed E-state index contributed by atoms with van der Waals surface area (Å²) >= 11 is 0. The van der Waals surface area contributed by atoms with Gasteiger partial charge in [0.2, 0.25) is 6.29 Å². The molecule has 1 saturated carbocycles. The first-order valence-corrected chi connectivity index (χ1v) is 19.0. The van der Waals surface area contributed by atoms with Crippen LogP contribution in [0, 0.1) is 0 Å². The molecule has 5 fully saturated rings. The number of nitrogens with one attached hydrogen (secondary N) is 4. The van der Waals surface area contributed by atoms with E-state index >= 15 is 0 Å². The molecule has 22 nitrogen and oxygen atoms in total. The van der Waals surface area contributed by atoms with Gasteiger partial charge in [-0.05, 0) is 44.8 Å². The van der Waals surface area contributed by atoms with Gasteiger partial charge in [0.25, 0.3) is 5.91 Å². The van der Waals surface area contributed by atoms with Crippen LogP contribution in [0.3, 0.4) is 0 Å². The van der Waals surface area contributed by atoms with Gasteiger partial charge in [-0.2, -0.15) is 0 Å². The number of rotatable bonds is 14. The Labute approximate surface area is 318 Å². The number of nitrogens with two attached hydrogens (primary N) is 4. The van der Waals surface area contributed by atoms with E-state index in [1.165, 1.54) is 0 Å². The maximum Gasteiger partial charge on any atom is 0.254 e. The molecule has 55 heavy (non-hydrogen) atoms. The molecule has 5 heterocycles. The quantitative estimate of drug-likeness (QED) is 0.0776. The lowest BCUT2D eigenvalue weighted by atomic mass is 9.83. The van der Waals surface area contributed by atoms with Crippen molar-refractivity contribution in [1.29, 1.82) is 0 Å².